The van der Waals surface area contributed by atoms with E-state index >= 15 is 0 Å². The normalized spacial score (nSPS) is 11.2. The van der Waals surface area contributed by atoms with E-state index < -0.39 is 0 Å². The molecular weight excluding hydrogens is 216 g/mol. The number of hydrogen-bond acceptors (Lipinski definition) is 5. The van der Waals surface area contributed by atoms with Crippen molar-refractivity contribution < 1.29 is 0 Å². The molecule has 0 saturated heterocycles. The maximum atomic E-state index is 4.58. The Hall–Kier alpha value is -2.24. The molecule has 0 bridgehead atoms. The van der Waals surface area contributed by atoms with Crippen LogP contribution in [0, 0.1) is 6.92 Å². The predicted molar refractivity (Wildman–Crippen MR) is 65.1 cm³/mol. The number of aryl methyl sites for hydroxylation is 1. The third kappa shape index (κ3) is 1.41. The van der Waals surface area contributed by atoms with E-state index in [1.165, 1.54) is 0 Å². The average Bonchev–Trinajstić information content (AvgIpc) is 2.76. The Morgan fingerprint density at radius 1 is 1.24 bits per heavy atom. The Morgan fingerprint density at radius 3 is 2.82 bits per heavy atom. The van der Waals surface area contributed by atoms with E-state index in [2.05, 4.69) is 20.5 Å². The van der Waals surface area contributed by atoms with E-state index in [0.29, 0.717) is 5.65 Å². The monoisotopic (exact) mass is 228 g/mol. The van der Waals surface area contributed by atoms with Gasteiger partial charge in [0.25, 0.3) is 0 Å². The molecule has 0 aliphatic carbocycles. The summed E-state index contributed by atoms with van der Waals surface area (Å²) in [5.41, 5.74) is 3.65. The number of benzene rings is 1. The SMILES string of the molecule is Cc1ccc2nc(N(C)C)c3nnnn3c2c1. The molecule has 2 heterocycles. The average molecular weight is 228 g/mol. The summed E-state index contributed by atoms with van der Waals surface area (Å²) in [5, 5.41) is 11.8. The molecule has 0 N–H and O–H groups in total. The predicted octanol–water partition coefficient (Wildman–Crippen LogP) is 1.05. The van der Waals surface area contributed by atoms with E-state index in [0.717, 1.165) is 22.4 Å². The zero-order chi connectivity index (χ0) is 12.0. The molecule has 6 heteroatoms. The fourth-order valence-electron chi connectivity index (χ4n) is 1.85. The molecule has 3 rings (SSSR count). The highest BCUT2D eigenvalue weighted by Crippen LogP contribution is 2.21. The molecule has 1 aromatic carbocycles. The van der Waals surface area contributed by atoms with Crippen molar-refractivity contribution in [1.82, 2.24) is 25.0 Å². The van der Waals surface area contributed by atoms with Gasteiger partial charge in [0.05, 0.1) is 11.0 Å². The van der Waals surface area contributed by atoms with Crippen molar-refractivity contribution in [1.29, 1.82) is 0 Å². The second kappa shape index (κ2) is 3.38. The van der Waals surface area contributed by atoms with E-state index in [1.54, 1.807) is 4.52 Å². The van der Waals surface area contributed by atoms with Gasteiger partial charge in [0.1, 0.15) is 0 Å². The highest BCUT2D eigenvalue weighted by Gasteiger charge is 2.12. The molecule has 0 unspecified atom stereocenters. The molecule has 0 aliphatic rings. The Labute approximate surface area is 97.9 Å². The van der Waals surface area contributed by atoms with Gasteiger partial charge >= 0.3 is 0 Å². The van der Waals surface area contributed by atoms with Gasteiger partial charge in [0.15, 0.2) is 5.82 Å². The zero-order valence-corrected chi connectivity index (χ0v) is 9.92. The largest absolute Gasteiger partial charge is 0.360 e. The van der Waals surface area contributed by atoms with Gasteiger partial charge in [-0.2, -0.15) is 4.52 Å². The standard InChI is InChI=1S/C11H12N6/c1-7-4-5-8-9(6-7)17-11(13-14-15-17)10(12-8)16(2)3/h4-6H,1-3H3. The molecule has 0 aliphatic heterocycles. The van der Waals surface area contributed by atoms with Gasteiger partial charge in [-0.15, -0.1) is 5.10 Å². The lowest BCUT2D eigenvalue weighted by molar-refractivity contribution is 0.840. The summed E-state index contributed by atoms with van der Waals surface area (Å²) >= 11 is 0. The molecule has 0 radical (unpaired) electrons. The van der Waals surface area contributed by atoms with Gasteiger partial charge in [-0.1, -0.05) is 6.07 Å². The van der Waals surface area contributed by atoms with Gasteiger partial charge < -0.3 is 4.90 Å². The topological polar surface area (TPSA) is 59.2 Å². The first-order chi connectivity index (χ1) is 8.16. The molecular formula is C11H12N6. The molecule has 17 heavy (non-hydrogen) atoms. The third-order valence-corrected chi connectivity index (χ3v) is 2.68. The number of anilines is 1. The van der Waals surface area contributed by atoms with Crippen molar-refractivity contribution in [3.63, 3.8) is 0 Å². The first-order valence-corrected chi connectivity index (χ1v) is 5.32. The Kier molecular flexibility index (Phi) is 1.98. The minimum Gasteiger partial charge on any atom is -0.360 e. The number of nitrogens with zero attached hydrogens (tertiary/aromatic N) is 6. The van der Waals surface area contributed by atoms with Crippen molar-refractivity contribution in [2.24, 2.45) is 0 Å². The van der Waals surface area contributed by atoms with Crippen LogP contribution >= 0.6 is 0 Å². The van der Waals surface area contributed by atoms with Crippen LogP contribution in [0.5, 0.6) is 0 Å². The van der Waals surface area contributed by atoms with Crippen LogP contribution in [-0.4, -0.2) is 39.1 Å². The van der Waals surface area contributed by atoms with Crippen molar-refractivity contribution in [3.05, 3.63) is 23.8 Å². The zero-order valence-electron chi connectivity index (χ0n) is 9.92. The number of aromatic nitrogens is 5. The molecule has 0 amide bonds. The molecule has 0 fully saturated rings. The molecule has 6 nitrogen and oxygen atoms in total. The Balaban J connectivity index is 2.51. The van der Waals surface area contributed by atoms with E-state index in [1.807, 2.05) is 44.1 Å². The molecule has 0 spiro atoms. The summed E-state index contributed by atoms with van der Waals surface area (Å²) in [5.74, 6) is 0.770. The van der Waals surface area contributed by atoms with E-state index in [9.17, 15) is 0 Å². The summed E-state index contributed by atoms with van der Waals surface area (Å²) < 4.78 is 1.73. The van der Waals surface area contributed by atoms with E-state index in [-0.39, 0.29) is 0 Å². The lowest BCUT2D eigenvalue weighted by atomic mass is 10.2. The maximum Gasteiger partial charge on any atom is 0.222 e. The summed E-state index contributed by atoms with van der Waals surface area (Å²) in [4.78, 5) is 6.49. The van der Waals surface area contributed by atoms with Crippen LogP contribution in [-0.2, 0) is 0 Å². The Morgan fingerprint density at radius 2 is 2.06 bits per heavy atom. The van der Waals surface area contributed by atoms with Gasteiger partial charge in [-0.05, 0) is 35.0 Å². The summed E-state index contributed by atoms with van der Waals surface area (Å²) in [7, 11) is 3.86. The van der Waals surface area contributed by atoms with Gasteiger partial charge in [0.2, 0.25) is 5.65 Å². The number of hydrogen-bond donors (Lipinski definition) is 0. The van der Waals surface area contributed by atoms with Gasteiger partial charge in [0, 0.05) is 14.1 Å². The van der Waals surface area contributed by atoms with Crippen molar-refractivity contribution in [2.45, 2.75) is 6.92 Å². The second-order valence-electron chi connectivity index (χ2n) is 4.24. The minimum absolute atomic E-state index is 0.674. The quantitative estimate of drug-likeness (QED) is 0.623. The fraction of sp³-hybridized carbons (Fsp3) is 0.273. The highest BCUT2D eigenvalue weighted by molar-refractivity contribution is 5.82. The second-order valence-corrected chi connectivity index (χ2v) is 4.24. The maximum absolute atomic E-state index is 4.58. The lowest BCUT2D eigenvalue weighted by Gasteiger charge is -2.12. The van der Waals surface area contributed by atoms with E-state index in [4.69, 9.17) is 0 Å². The number of fused-ring (bicyclic) bond motifs is 3. The summed E-state index contributed by atoms with van der Waals surface area (Å²) in [6.45, 7) is 2.04. The van der Waals surface area contributed by atoms with Crippen LogP contribution in [0.3, 0.4) is 0 Å². The first kappa shape index (κ1) is 9.95. The van der Waals surface area contributed by atoms with Crippen molar-refractivity contribution >= 4 is 22.5 Å². The van der Waals surface area contributed by atoms with Gasteiger partial charge in [-0.25, -0.2) is 4.98 Å². The third-order valence-electron chi connectivity index (χ3n) is 2.68. The molecule has 86 valence electrons. The molecule has 2 aromatic heterocycles. The van der Waals surface area contributed by atoms with Crippen LogP contribution in [0.2, 0.25) is 0 Å². The van der Waals surface area contributed by atoms with Crippen LogP contribution in [0.4, 0.5) is 5.82 Å². The summed E-state index contributed by atoms with van der Waals surface area (Å²) in [6.07, 6.45) is 0. The lowest BCUT2D eigenvalue weighted by Crippen LogP contribution is -2.13. The fourth-order valence-corrected chi connectivity index (χ4v) is 1.85. The summed E-state index contributed by atoms with van der Waals surface area (Å²) in [6, 6.07) is 6.05. The van der Waals surface area contributed by atoms with Crippen molar-refractivity contribution in [2.75, 3.05) is 19.0 Å². The molecule has 3 aromatic rings. The minimum atomic E-state index is 0.674. The smallest absolute Gasteiger partial charge is 0.222 e. The van der Waals surface area contributed by atoms with Crippen LogP contribution in [0.15, 0.2) is 18.2 Å². The Bertz CT molecular complexity index is 700. The van der Waals surface area contributed by atoms with Crippen LogP contribution in [0.25, 0.3) is 16.7 Å². The van der Waals surface area contributed by atoms with Crippen LogP contribution in [0.1, 0.15) is 5.56 Å². The molecule has 0 saturated carbocycles. The van der Waals surface area contributed by atoms with Gasteiger partial charge in [-0.3, -0.25) is 0 Å². The van der Waals surface area contributed by atoms with Crippen molar-refractivity contribution in [3.8, 4) is 0 Å². The first-order valence-electron chi connectivity index (χ1n) is 5.32. The number of rotatable bonds is 1. The molecule has 0 atom stereocenters. The number of tetrazole rings is 1. The highest BCUT2D eigenvalue weighted by atomic mass is 15.5. The van der Waals surface area contributed by atoms with Crippen LogP contribution < -0.4 is 4.90 Å².